The molecule has 0 bridgehead atoms. The Labute approximate surface area is 174 Å². The summed E-state index contributed by atoms with van der Waals surface area (Å²) in [4.78, 5) is 12.8. The maximum atomic E-state index is 12.9. The van der Waals surface area contributed by atoms with E-state index in [0.717, 1.165) is 10.6 Å². The van der Waals surface area contributed by atoms with Crippen LogP contribution in [-0.2, 0) is 14.8 Å². The Kier molecular flexibility index (Phi) is 6.73. The molecule has 1 atom stereocenters. The van der Waals surface area contributed by atoms with Crippen LogP contribution >= 0.6 is 11.3 Å². The molecule has 0 spiro atoms. The minimum Gasteiger partial charge on any atom is -0.301 e. The van der Waals surface area contributed by atoms with Gasteiger partial charge in [0.05, 0.1) is 4.90 Å². The van der Waals surface area contributed by atoms with Crippen molar-refractivity contribution in [1.82, 2.24) is 14.5 Å². The van der Waals surface area contributed by atoms with Crippen LogP contribution in [0.15, 0.2) is 65.6 Å². The molecule has 152 valence electrons. The van der Waals surface area contributed by atoms with E-state index in [2.05, 4.69) is 15.5 Å². The zero-order valence-corrected chi connectivity index (χ0v) is 17.8. The van der Waals surface area contributed by atoms with Crippen molar-refractivity contribution in [3.05, 3.63) is 71.2 Å². The highest BCUT2D eigenvalue weighted by Crippen LogP contribution is 2.25. The number of carbonyl (C=O) groups is 1. The van der Waals surface area contributed by atoms with E-state index in [-0.39, 0.29) is 29.7 Å². The second-order valence-electron chi connectivity index (χ2n) is 6.58. The number of sulfonamides is 1. The van der Waals surface area contributed by atoms with Crippen molar-refractivity contribution in [3.63, 3.8) is 0 Å². The van der Waals surface area contributed by atoms with Gasteiger partial charge in [0.2, 0.25) is 21.1 Å². The van der Waals surface area contributed by atoms with Gasteiger partial charge in [-0.3, -0.25) is 4.79 Å². The van der Waals surface area contributed by atoms with E-state index in [1.807, 2.05) is 37.3 Å². The zero-order valence-electron chi connectivity index (χ0n) is 16.1. The number of benzene rings is 2. The number of hydrogen-bond acceptors (Lipinski definition) is 6. The van der Waals surface area contributed by atoms with Crippen LogP contribution in [0.5, 0.6) is 0 Å². The molecule has 9 heteroatoms. The summed E-state index contributed by atoms with van der Waals surface area (Å²) in [6.45, 7) is 1.98. The number of anilines is 1. The first-order chi connectivity index (χ1) is 13.9. The van der Waals surface area contributed by atoms with Gasteiger partial charge in [-0.25, -0.2) is 12.7 Å². The first-order valence-electron chi connectivity index (χ1n) is 9.02. The van der Waals surface area contributed by atoms with Gasteiger partial charge in [0.15, 0.2) is 0 Å². The van der Waals surface area contributed by atoms with Crippen LogP contribution < -0.4 is 5.32 Å². The van der Waals surface area contributed by atoms with Crippen molar-refractivity contribution in [2.45, 2.75) is 24.2 Å². The molecule has 0 aliphatic carbocycles. The molecule has 0 aliphatic rings. The number of amides is 1. The van der Waals surface area contributed by atoms with Crippen LogP contribution in [0.3, 0.4) is 0 Å². The van der Waals surface area contributed by atoms with Crippen LogP contribution in [0.4, 0.5) is 5.13 Å². The lowest BCUT2D eigenvalue weighted by molar-refractivity contribution is -0.116. The fraction of sp³-hybridized carbons (Fsp3) is 0.250. The van der Waals surface area contributed by atoms with E-state index in [0.29, 0.717) is 5.13 Å². The van der Waals surface area contributed by atoms with Crippen molar-refractivity contribution in [3.8, 4) is 0 Å². The topological polar surface area (TPSA) is 92.3 Å². The van der Waals surface area contributed by atoms with Crippen LogP contribution in [0.2, 0.25) is 0 Å². The Morgan fingerprint density at radius 3 is 2.28 bits per heavy atom. The molecule has 1 heterocycles. The molecular formula is C20H22N4O3S2. The summed E-state index contributed by atoms with van der Waals surface area (Å²) in [6.07, 6.45) is 0.122. The fourth-order valence-electron chi connectivity index (χ4n) is 2.94. The summed E-state index contributed by atoms with van der Waals surface area (Å²) in [6, 6.07) is 17.7. The third-order valence-corrected chi connectivity index (χ3v) is 7.00. The Hall–Kier alpha value is -2.62. The van der Waals surface area contributed by atoms with Gasteiger partial charge in [0.1, 0.15) is 5.01 Å². The average molecular weight is 431 g/mol. The van der Waals surface area contributed by atoms with E-state index in [1.54, 1.807) is 30.3 Å². The lowest BCUT2D eigenvalue weighted by atomic mass is 9.95. The summed E-state index contributed by atoms with van der Waals surface area (Å²) < 4.78 is 27.1. The molecule has 0 saturated heterocycles. The lowest BCUT2D eigenvalue weighted by Crippen LogP contribution is -2.32. The highest BCUT2D eigenvalue weighted by molar-refractivity contribution is 7.89. The average Bonchev–Trinajstić information content (AvgIpc) is 3.13. The molecule has 3 rings (SSSR count). The number of likely N-dealkylation sites (N-methyl/N-ethyl adjacent to an activating group) is 1. The Bertz CT molecular complexity index is 1050. The Morgan fingerprint density at radius 2 is 1.69 bits per heavy atom. The summed E-state index contributed by atoms with van der Waals surface area (Å²) >= 11 is 1.29. The largest absolute Gasteiger partial charge is 0.301 e. The second-order valence-corrected chi connectivity index (χ2v) is 9.81. The van der Waals surface area contributed by atoms with Gasteiger partial charge in [0.25, 0.3) is 0 Å². The maximum absolute atomic E-state index is 12.9. The number of rotatable bonds is 8. The van der Waals surface area contributed by atoms with Crippen LogP contribution in [-0.4, -0.2) is 42.4 Å². The minimum absolute atomic E-state index is 0.122. The van der Waals surface area contributed by atoms with Gasteiger partial charge in [-0.1, -0.05) is 59.9 Å². The summed E-state index contributed by atoms with van der Waals surface area (Å²) in [5.41, 5.74) is 0.895. The molecule has 1 amide bonds. The summed E-state index contributed by atoms with van der Waals surface area (Å²) in [5, 5.41) is 11.7. The second kappa shape index (κ2) is 9.25. The van der Waals surface area contributed by atoms with Gasteiger partial charge in [0, 0.05) is 25.9 Å². The highest BCUT2D eigenvalue weighted by Gasteiger charge is 2.26. The van der Waals surface area contributed by atoms with Gasteiger partial charge in [-0.2, -0.15) is 0 Å². The van der Waals surface area contributed by atoms with Gasteiger partial charge in [-0.05, 0) is 24.6 Å². The lowest BCUT2D eigenvalue weighted by Gasteiger charge is -2.24. The molecule has 0 saturated carbocycles. The SMILES string of the molecule is Cc1nnc(NC(=O)C[C@@H](CN(C)S(=O)(=O)c2ccccc2)c2ccccc2)s1. The van der Waals surface area contributed by atoms with Gasteiger partial charge >= 0.3 is 0 Å². The molecule has 1 N–H and O–H groups in total. The van der Waals surface area contributed by atoms with E-state index >= 15 is 0 Å². The maximum Gasteiger partial charge on any atom is 0.242 e. The predicted octanol–water partition coefficient (Wildman–Crippen LogP) is 3.28. The third-order valence-electron chi connectivity index (χ3n) is 4.40. The van der Waals surface area contributed by atoms with Crippen LogP contribution in [0.25, 0.3) is 0 Å². The number of aryl methyl sites for hydroxylation is 1. The Balaban J connectivity index is 1.78. The molecule has 0 unspecified atom stereocenters. The number of hydrogen-bond donors (Lipinski definition) is 1. The predicted molar refractivity (Wildman–Crippen MR) is 113 cm³/mol. The van der Waals surface area contributed by atoms with Crippen molar-refractivity contribution in [2.24, 2.45) is 0 Å². The summed E-state index contributed by atoms with van der Waals surface area (Å²) in [7, 11) is -2.12. The molecule has 7 nitrogen and oxygen atoms in total. The molecular weight excluding hydrogens is 408 g/mol. The normalized spacial score (nSPS) is 12.7. The van der Waals surface area contributed by atoms with Crippen molar-refractivity contribution in [2.75, 3.05) is 18.9 Å². The molecule has 2 aromatic carbocycles. The number of nitrogens with one attached hydrogen (secondary N) is 1. The monoisotopic (exact) mass is 430 g/mol. The summed E-state index contributed by atoms with van der Waals surface area (Å²) in [5.74, 6) is -0.547. The zero-order chi connectivity index (χ0) is 20.9. The minimum atomic E-state index is -3.65. The number of nitrogens with zero attached hydrogens (tertiary/aromatic N) is 3. The van der Waals surface area contributed by atoms with Gasteiger partial charge < -0.3 is 5.32 Å². The van der Waals surface area contributed by atoms with Crippen molar-refractivity contribution < 1.29 is 13.2 Å². The smallest absolute Gasteiger partial charge is 0.242 e. The Morgan fingerprint density at radius 1 is 1.07 bits per heavy atom. The molecule has 3 aromatic rings. The van der Waals surface area contributed by atoms with Crippen molar-refractivity contribution >= 4 is 32.4 Å². The number of carbonyl (C=O) groups excluding carboxylic acids is 1. The van der Waals surface area contributed by atoms with E-state index in [9.17, 15) is 13.2 Å². The molecule has 0 radical (unpaired) electrons. The van der Waals surface area contributed by atoms with E-state index in [4.69, 9.17) is 0 Å². The van der Waals surface area contributed by atoms with Crippen LogP contribution in [0, 0.1) is 6.92 Å². The quantitative estimate of drug-likeness (QED) is 0.592. The molecule has 1 aromatic heterocycles. The van der Waals surface area contributed by atoms with Gasteiger partial charge in [-0.15, -0.1) is 10.2 Å². The molecule has 29 heavy (non-hydrogen) atoms. The first kappa shape index (κ1) is 21.1. The first-order valence-corrected chi connectivity index (χ1v) is 11.3. The van der Waals surface area contributed by atoms with E-state index in [1.165, 1.54) is 22.7 Å². The standard InChI is InChI=1S/C20H22N4O3S2/c1-15-22-23-20(28-15)21-19(25)13-17(16-9-5-3-6-10-16)14-24(2)29(26,27)18-11-7-4-8-12-18/h3-12,17H,13-14H2,1-2H3,(H,21,23,25)/t17-/m0/s1. The molecule has 0 aliphatic heterocycles. The van der Waals surface area contributed by atoms with E-state index < -0.39 is 10.0 Å². The van der Waals surface area contributed by atoms with Crippen molar-refractivity contribution in [1.29, 1.82) is 0 Å². The third kappa shape index (κ3) is 5.47. The highest BCUT2D eigenvalue weighted by atomic mass is 32.2. The molecule has 0 fully saturated rings. The fourth-order valence-corrected chi connectivity index (χ4v) is 4.78. The van der Waals surface area contributed by atoms with Crippen LogP contribution in [0.1, 0.15) is 22.9 Å². The number of aromatic nitrogens is 2.